The maximum atomic E-state index is 12.0. The minimum Gasteiger partial charge on any atom is -0.460 e. The first kappa shape index (κ1) is 14.4. The lowest BCUT2D eigenvalue weighted by Crippen LogP contribution is -2.58. The first-order valence-corrected chi connectivity index (χ1v) is 7.40. The van der Waals surface area contributed by atoms with E-state index in [0.717, 1.165) is 24.7 Å². The van der Waals surface area contributed by atoms with Crippen LogP contribution in [0.15, 0.2) is 0 Å². The van der Waals surface area contributed by atoms with Gasteiger partial charge >= 0.3 is 5.97 Å². The molecule has 3 rings (SSSR count). The Labute approximate surface area is 116 Å². The van der Waals surface area contributed by atoms with Gasteiger partial charge in [-0.2, -0.15) is 0 Å². The lowest BCUT2D eigenvalue weighted by Gasteiger charge is -2.47. The van der Waals surface area contributed by atoms with E-state index in [9.17, 15) is 4.79 Å². The van der Waals surface area contributed by atoms with Crippen LogP contribution >= 0.6 is 0 Å². The summed E-state index contributed by atoms with van der Waals surface area (Å²) in [5, 5.41) is 3.45. The number of terminal acetylenes is 1. The SMILES string of the molecule is C#C.CN[C@]12CC3CCCC[C@H]3C[C@H]1C(=O)O[C@@H]2C. The van der Waals surface area contributed by atoms with Gasteiger partial charge in [-0.05, 0) is 38.6 Å². The Morgan fingerprint density at radius 2 is 1.89 bits per heavy atom. The summed E-state index contributed by atoms with van der Waals surface area (Å²) in [4.78, 5) is 12.0. The average molecular weight is 263 g/mol. The summed E-state index contributed by atoms with van der Waals surface area (Å²) in [7, 11) is 1.99. The molecule has 0 radical (unpaired) electrons. The summed E-state index contributed by atoms with van der Waals surface area (Å²) in [6.45, 7) is 2.05. The Bertz CT molecular complexity index is 365. The fourth-order valence-electron chi connectivity index (χ4n) is 4.55. The standard InChI is InChI=1S/C14H23NO2.C2H2/c1-9-14(15-2)8-11-6-4-3-5-10(11)7-12(14)13(16)17-9;1-2/h9-12,15H,3-8H2,1-2H3;1-2H/t9-,10+,11?,12+,14+;/m1./s1. The van der Waals surface area contributed by atoms with Crippen LogP contribution in [0.5, 0.6) is 0 Å². The third kappa shape index (κ3) is 2.17. The molecule has 0 bridgehead atoms. The monoisotopic (exact) mass is 263 g/mol. The maximum absolute atomic E-state index is 12.0. The Morgan fingerprint density at radius 3 is 2.53 bits per heavy atom. The second-order valence-electron chi connectivity index (χ2n) is 6.17. The molecule has 2 aliphatic carbocycles. The van der Waals surface area contributed by atoms with Crippen LogP contribution in [0.3, 0.4) is 0 Å². The largest absolute Gasteiger partial charge is 0.460 e. The molecule has 1 N–H and O–H groups in total. The van der Waals surface area contributed by atoms with Gasteiger partial charge < -0.3 is 10.1 Å². The van der Waals surface area contributed by atoms with Crippen molar-refractivity contribution in [3.05, 3.63) is 0 Å². The summed E-state index contributed by atoms with van der Waals surface area (Å²) in [5.41, 5.74) is -0.0738. The fourth-order valence-corrected chi connectivity index (χ4v) is 4.55. The van der Waals surface area contributed by atoms with Gasteiger partial charge in [-0.1, -0.05) is 25.7 Å². The van der Waals surface area contributed by atoms with E-state index in [1.165, 1.54) is 25.7 Å². The van der Waals surface area contributed by atoms with E-state index in [4.69, 9.17) is 4.74 Å². The van der Waals surface area contributed by atoms with Gasteiger partial charge in [0.15, 0.2) is 0 Å². The minimum absolute atomic E-state index is 0.0351. The molecule has 0 aromatic heterocycles. The molecule has 1 saturated heterocycles. The highest BCUT2D eigenvalue weighted by Gasteiger charge is 2.59. The number of rotatable bonds is 1. The molecule has 19 heavy (non-hydrogen) atoms. The lowest BCUT2D eigenvalue weighted by atomic mass is 9.59. The Kier molecular flexibility index (Phi) is 4.20. The molecule has 106 valence electrons. The topological polar surface area (TPSA) is 38.3 Å². The van der Waals surface area contributed by atoms with Crippen LogP contribution in [-0.2, 0) is 9.53 Å². The van der Waals surface area contributed by atoms with Crippen molar-refractivity contribution >= 4 is 5.97 Å². The van der Waals surface area contributed by atoms with Crippen LogP contribution in [0.1, 0.15) is 45.4 Å². The van der Waals surface area contributed by atoms with E-state index in [0.29, 0.717) is 0 Å². The van der Waals surface area contributed by atoms with Gasteiger partial charge in [0.2, 0.25) is 0 Å². The van der Waals surface area contributed by atoms with Crippen LogP contribution < -0.4 is 5.32 Å². The highest BCUT2D eigenvalue weighted by atomic mass is 16.6. The van der Waals surface area contributed by atoms with Crippen molar-refractivity contribution < 1.29 is 9.53 Å². The Hall–Kier alpha value is -1.01. The summed E-state index contributed by atoms with van der Waals surface area (Å²) >= 11 is 0. The van der Waals surface area contributed by atoms with Crippen LogP contribution in [0.25, 0.3) is 0 Å². The molecule has 5 atom stereocenters. The van der Waals surface area contributed by atoms with E-state index in [1.807, 2.05) is 7.05 Å². The number of ether oxygens (including phenoxy) is 1. The molecule has 0 spiro atoms. The highest BCUT2D eigenvalue weighted by Crippen LogP contribution is 2.51. The third-order valence-corrected chi connectivity index (χ3v) is 5.60. The maximum Gasteiger partial charge on any atom is 0.311 e. The predicted octanol–water partition coefficient (Wildman–Crippen LogP) is 2.36. The second kappa shape index (κ2) is 5.54. The zero-order valence-electron chi connectivity index (χ0n) is 12.0. The van der Waals surface area contributed by atoms with Crippen molar-refractivity contribution in [2.75, 3.05) is 7.05 Å². The summed E-state index contributed by atoms with van der Waals surface area (Å²) < 4.78 is 5.51. The lowest BCUT2D eigenvalue weighted by molar-refractivity contribution is -0.144. The molecule has 2 saturated carbocycles. The number of likely N-dealkylation sites (N-methyl/N-ethyl adjacent to an activating group) is 1. The van der Waals surface area contributed by atoms with Gasteiger partial charge in [0.05, 0.1) is 11.5 Å². The van der Waals surface area contributed by atoms with E-state index in [2.05, 4.69) is 25.1 Å². The second-order valence-corrected chi connectivity index (χ2v) is 6.17. The van der Waals surface area contributed by atoms with Gasteiger partial charge in [-0.15, -0.1) is 12.8 Å². The molecule has 0 aromatic carbocycles. The zero-order valence-corrected chi connectivity index (χ0v) is 12.0. The molecule has 3 nitrogen and oxygen atoms in total. The van der Waals surface area contributed by atoms with Gasteiger partial charge in [-0.25, -0.2) is 0 Å². The number of cyclic esters (lactones) is 1. The molecule has 3 aliphatic rings. The fraction of sp³-hybridized carbons (Fsp3) is 0.812. The molecule has 0 aromatic rings. The van der Waals surface area contributed by atoms with Crippen LogP contribution in [-0.4, -0.2) is 24.7 Å². The minimum atomic E-state index is -0.0738. The number of nitrogens with one attached hydrogen (secondary N) is 1. The summed E-state index contributed by atoms with van der Waals surface area (Å²) in [6.07, 6.45) is 15.6. The highest BCUT2D eigenvalue weighted by molar-refractivity contribution is 5.77. The Morgan fingerprint density at radius 1 is 1.26 bits per heavy atom. The molecular formula is C16H25NO2. The quantitative estimate of drug-likeness (QED) is 0.583. The van der Waals surface area contributed by atoms with Crippen molar-refractivity contribution in [3.8, 4) is 12.8 Å². The molecular weight excluding hydrogens is 238 g/mol. The number of hydrogen-bond acceptors (Lipinski definition) is 3. The van der Waals surface area contributed by atoms with E-state index in [-0.39, 0.29) is 23.5 Å². The van der Waals surface area contributed by atoms with Crippen molar-refractivity contribution in [3.63, 3.8) is 0 Å². The summed E-state index contributed by atoms with van der Waals surface area (Å²) in [5.74, 6) is 1.72. The molecule has 0 amide bonds. The number of hydrogen-bond donors (Lipinski definition) is 1. The van der Waals surface area contributed by atoms with Crippen LogP contribution in [0.2, 0.25) is 0 Å². The molecule has 1 aliphatic heterocycles. The van der Waals surface area contributed by atoms with Crippen molar-refractivity contribution in [1.29, 1.82) is 0 Å². The van der Waals surface area contributed by atoms with E-state index >= 15 is 0 Å². The van der Waals surface area contributed by atoms with Crippen molar-refractivity contribution in [1.82, 2.24) is 5.32 Å². The first-order chi connectivity index (χ1) is 9.17. The van der Waals surface area contributed by atoms with Crippen LogP contribution in [0, 0.1) is 30.6 Å². The first-order valence-electron chi connectivity index (χ1n) is 7.40. The predicted molar refractivity (Wildman–Crippen MR) is 75.4 cm³/mol. The van der Waals surface area contributed by atoms with E-state index in [1.54, 1.807) is 0 Å². The number of fused-ring (bicyclic) bond motifs is 2. The number of carbonyl (C=O) groups excluding carboxylic acids is 1. The summed E-state index contributed by atoms with van der Waals surface area (Å²) in [6, 6.07) is 0. The Balaban J connectivity index is 0.000000637. The van der Waals surface area contributed by atoms with Crippen LogP contribution in [0.4, 0.5) is 0 Å². The normalized spacial score (nSPS) is 44.3. The third-order valence-electron chi connectivity index (χ3n) is 5.60. The van der Waals surface area contributed by atoms with Gasteiger partial charge in [0.1, 0.15) is 6.10 Å². The van der Waals surface area contributed by atoms with Gasteiger partial charge in [-0.3, -0.25) is 4.79 Å². The number of esters is 1. The van der Waals surface area contributed by atoms with Gasteiger partial charge in [0.25, 0.3) is 0 Å². The molecule has 3 heteroatoms. The molecule has 3 fully saturated rings. The number of carbonyl (C=O) groups is 1. The molecule has 1 heterocycles. The van der Waals surface area contributed by atoms with Crippen molar-refractivity contribution in [2.24, 2.45) is 17.8 Å². The molecule has 1 unspecified atom stereocenters. The smallest absolute Gasteiger partial charge is 0.311 e. The van der Waals surface area contributed by atoms with Gasteiger partial charge in [0, 0.05) is 0 Å². The zero-order chi connectivity index (χ0) is 14.0. The van der Waals surface area contributed by atoms with E-state index < -0.39 is 0 Å². The van der Waals surface area contributed by atoms with Crippen molar-refractivity contribution in [2.45, 2.75) is 57.1 Å². The average Bonchev–Trinajstić information content (AvgIpc) is 2.70.